The van der Waals surface area contributed by atoms with Crippen LogP contribution in [0.1, 0.15) is 16.8 Å². The Morgan fingerprint density at radius 1 is 1.15 bits per heavy atom. The minimum absolute atomic E-state index is 0.0812. The summed E-state index contributed by atoms with van der Waals surface area (Å²) in [6.07, 6.45) is 2.77. The van der Waals surface area contributed by atoms with Crippen molar-refractivity contribution in [2.75, 3.05) is 25.0 Å². The highest BCUT2D eigenvalue weighted by Crippen LogP contribution is 2.21. The van der Waals surface area contributed by atoms with E-state index in [0.29, 0.717) is 5.56 Å². The zero-order valence-electron chi connectivity index (χ0n) is 11.5. The molecule has 3 rings (SSSR count). The van der Waals surface area contributed by atoms with Gasteiger partial charge in [0.05, 0.1) is 5.56 Å². The van der Waals surface area contributed by atoms with Gasteiger partial charge < -0.3 is 9.80 Å². The van der Waals surface area contributed by atoms with Crippen LogP contribution >= 0.6 is 0 Å². The number of rotatable bonds is 3. The third kappa shape index (κ3) is 2.37. The fourth-order valence-electron chi connectivity index (χ4n) is 2.20. The normalized spacial score (nSPS) is 13.8. The Kier molecular flexibility index (Phi) is 3.37. The third-order valence-corrected chi connectivity index (χ3v) is 3.63. The van der Waals surface area contributed by atoms with E-state index < -0.39 is 0 Å². The summed E-state index contributed by atoms with van der Waals surface area (Å²) in [7, 11) is 1.97. The number of carbonyl (C=O) groups excluding carboxylic acids is 1. The molecule has 0 radical (unpaired) electrons. The molecule has 0 spiro atoms. The topological polar surface area (TPSA) is 36.4 Å². The molecule has 1 fully saturated rings. The molecule has 1 aliphatic heterocycles. The molecular formula is C16H17N3O. The Balaban J connectivity index is 1.77. The van der Waals surface area contributed by atoms with Gasteiger partial charge in [-0.2, -0.15) is 0 Å². The SMILES string of the molecule is CN(c1ccccc1)c1ccc(C(=O)N2CCC2)cn1. The number of likely N-dealkylation sites (tertiary alicyclic amines) is 1. The van der Waals surface area contributed by atoms with Gasteiger partial charge in [-0.25, -0.2) is 4.98 Å². The van der Waals surface area contributed by atoms with Crippen LogP contribution in [0.5, 0.6) is 0 Å². The molecule has 1 aromatic heterocycles. The standard InChI is InChI=1S/C16H17N3O/c1-18(14-6-3-2-4-7-14)15-9-8-13(12-17-15)16(20)19-10-5-11-19/h2-4,6-9,12H,5,10-11H2,1H3. The van der Waals surface area contributed by atoms with Crippen molar-refractivity contribution >= 4 is 17.4 Å². The van der Waals surface area contributed by atoms with Gasteiger partial charge in [0.1, 0.15) is 5.82 Å². The predicted molar refractivity (Wildman–Crippen MR) is 79.3 cm³/mol. The molecule has 0 bridgehead atoms. The molecule has 1 amide bonds. The quantitative estimate of drug-likeness (QED) is 0.858. The Morgan fingerprint density at radius 2 is 1.90 bits per heavy atom. The Morgan fingerprint density at radius 3 is 2.45 bits per heavy atom. The molecule has 0 aliphatic carbocycles. The highest BCUT2D eigenvalue weighted by molar-refractivity contribution is 5.94. The van der Waals surface area contributed by atoms with E-state index in [0.717, 1.165) is 31.0 Å². The van der Waals surface area contributed by atoms with E-state index >= 15 is 0 Å². The van der Waals surface area contributed by atoms with E-state index in [9.17, 15) is 4.79 Å². The lowest BCUT2D eigenvalue weighted by Crippen LogP contribution is -2.42. The van der Waals surface area contributed by atoms with Crippen molar-refractivity contribution in [3.63, 3.8) is 0 Å². The second-order valence-corrected chi connectivity index (χ2v) is 4.95. The molecule has 0 unspecified atom stereocenters. The molecule has 2 heterocycles. The first-order chi connectivity index (χ1) is 9.75. The molecule has 102 valence electrons. The van der Waals surface area contributed by atoms with Crippen molar-refractivity contribution in [2.45, 2.75) is 6.42 Å². The number of para-hydroxylation sites is 1. The second kappa shape index (κ2) is 5.33. The fourth-order valence-corrected chi connectivity index (χ4v) is 2.20. The van der Waals surface area contributed by atoms with Crippen molar-refractivity contribution in [1.82, 2.24) is 9.88 Å². The van der Waals surface area contributed by atoms with Crippen LogP contribution in [0.2, 0.25) is 0 Å². The number of hydrogen-bond acceptors (Lipinski definition) is 3. The van der Waals surface area contributed by atoms with Crippen LogP contribution in [0, 0.1) is 0 Å². The summed E-state index contributed by atoms with van der Waals surface area (Å²) < 4.78 is 0. The Hall–Kier alpha value is -2.36. The lowest BCUT2D eigenvalue weighted by atomic mass is 10.1. The smallest absolute Gasteiger partial charge is 0.255 e. The van der Waals surface area contributed by atoms with Crippen molar-refractivity contribution in [1.29, 1.82) is 0 Å². The summed E-state index contributed by atoms with van der Waals surface area (Å²) in [6, 6.07) is 13.8. The van der Waals surface area contributed by atoms with E-state index in [1.54, 1.807) is 6.20 Å². The van der Waals surface area contributed by atoms with E-state index in [1.165, 1.54) is 0 Å². The van der Waals surface area contributed by atoms with E-state index in [1.807, 2.05) is 59.3 Å². The summed E-state index contributed by atoms with van der Waals surface area (Å²) in [6.45, 7) is 1.73. The molecule has 20 heavy (non-hydrogen) atoms. The molecule has 0 saturated carbocycles. The highest BCUT2D eigenvalue weighted by Gasteiger charge is 2.21. The number of hydrogen-bond donors (Lipinski definition) is 0. The number of nitrogens with zero attached hydrogens (tertiary/aromatic N) is 3. The monoisotopic (exact) mass is 267 g/mol. The van der Waals surface area contributed by atoms with Gasteiger partial charge in [-0.1, -0.05) is 18.2 Å². The van der Waals surface area contributed by atoms with Gasteiger partial charge in [-0.15, -0.1) is 0 Å². The molecular weight excluding hydrogens is 250 g/mol. The zero-order chi connectivity index (χ0) is 13.9. The molecule has 4 heteroatoms. The lowest BCUT2D eigenvalue weighted by Gasteiger charge is -2.30. The molecule has 0 N–H and O–H groups in total. The van der Waals surface area contributed by atoms with Crippen molar-refractivity contribution < 1.29 is 4.79 Å². The average Bonchev–Trinajstić information content (AvgIpc) is 2.46. The number of pyridine rings is 1. The summed E-state index contributed by atoms with van der Waals surface area (Å²) >= 11 is 0. The summed E-state index contributed by atoms with van der Waals surface area (Å²) in [5.74, 6) is 0.911. The maximum absolute atomic E-state index is 12.1. The maximum Gasteiger partial charge on any atom is 0.255 e. The van der Waals surface area contributed by atoms with E-state index in [2.05, 4.69) is 4.98 Å². The minimum atomic E-state index is 0.0812. The van der Waals surface area contributed by atoms with E-state index in [4.69, 9.17) is 0 Å². The van der Waals surface area contributed by atoms with Gasteiger partial charge in [-0.3, -0.25) is 4.79 Å². The first-order valence-corrected chi connectivity index (χ1v) is 6.80. The second-order valence-electron chi connectivity index (χ2n) is 4.95. The zero-order valence-corrected chi connectivity index (χ0v) is 11.5. The lowest BCUT2D eigenvalue weighted by molar-refractivity contribution is 0.0651. The van der Waals surface area contributed by atoms with Gasteiger partial charge in [0.25, 0.3) is 5.91 Å². The van der Waals surface area contributed by atoms with Gasteiger partial charge >= 0.3 is 0 Å². The number of amides is 1. The van der Waals surface area contributed by atoms with Gasteiger partial charge in [-0.05, 0) is 30.7 Å². The highest BCUT2D eigenvalue weighted by atomic mass is 16.2. The van der Waals surface area contributed by atoms with Gasteiger partial charge in [0.2, 0.25) is 0 Å². The number of benzene rings is 1. The van der Waals surface area contributed by atoms with Gasteiger partial charge in [0, 0.05) is 32.0 Å². The predicted octanol–water partition coefficient (Wildman–Crippen LogP) is 2.70. The van der Waals surface area contributed by atoms with Crippen molar-refractivity contribution in [3.8, 4) is 0 Å². The Labute approximate surface area is 118 Å². The molecule has 4 nitrogen and oxygen atoms in total. The molecule has 1 aromatic carbocycles. The minimum Gasteiger partial charge on any atom is -0.338 e. The first kappa shape index (κ1) is 12.7. The number of anilines is 2. The third-order valence-electron chi connectivity index (χ3n) is 3.63. The summed E-state index contributed by atoms with van der Waals surface area (Å²) in [5.41, 5.74) is 1.73. The first-order valence-electron chi connectivity index (χ1n) is 6.80. The summed E-state index contributed by atoms with van der Waals surface area (Å²) in [4.78, 5) is 20.3. The van der Waals surface area contributed by atoms with Crippen LogP contribution in [-0.4, -0.2) is 35.9 Å². The number of carbonyl (C=O) groups is 1. The van der Waals surface area contributed by atoms with Crippen molar-refractivity contribution in [3.05, 3.63) is 54.2 Å². The van der Waals surface area contributed by atoms with Crippen LogP contribution in [0.15, 0.2) is 48.7 Å². The van der Waals surface area contributed by atoms with Crippen LogP contribution in [0.4, 0.5) is 11.5 Å². The van der Waals surface area contributed by atoms with E-state index in [-0.39, 0.29) is 5.91 Å². The Bertz CT molecular complexity index is 591. The fraction of sp³-hybridized carbons (Fsp3) is 0.250. The molecule has 0 atom stereocenters. The maximum atomic E-state index is 12.1. The molecule has 1 aliphatic rings. The van der Waals surface area contributed by atoms with Gasteiger partial charge in [0.15, 0.2) is 0 Å². The molecule has 1 saturated heterocycles. The van der Waals surface area contributed by atoms with Crippen LogP contribution in [0.25, 0.3) is 0 Å². The van der Waals surface area contributed by atoms with Crippen LogP contribution < -0.4 is 4.90 Å². The van der Waals surface area contributed by atoms with Crippen LogP contribution in [0.3, 0.4) is 0 Å². The molecule has 2 aromatic rings. The number of aromatic nitrogens is 1. The van der Waals surface area contributed by atoms with Crippen LogP contribution in [-0.2, 0) is 0 Å². The summed E-state index contributed by atoms with van der Waals surface area (Å²) in [5, 5.41) is 0. The average molecular weight is 267 g/mol. The largest absolute Gasteiger partial charge is 0.338 e. The van der Waals surface area contributed by atoms with Crippen molar-refractivity contribution in [2.24, 2.45) is 0 Å².